The van der Waals surface area contributed by atoms with Gasteiger partial charge in [-0.15, -0.1) is 0 Å². The molecule has 5 nitrogen and oxygen atoms in total. The molecule has 1 amide bonds. The van der Waals surface area contributed by atoms with Crippen LogP contribution in [-0.4, -0.2) is 23.2 Å². The Morgan fingerprint density at radius 3 is 2.68 bits per heavy atom. The second-order valence-electron chi connectivity index (χ2n) is 6.91. The first-order chi connectivity index (χ1) is 11.9. The molecule has 25 heavy (non-hydrogen) atoms. The molecule has 0 aliphatic heterocycles. The summed E-state index contributed by atoms with van der Waals surface area (Å²) in [5, 5.41) is 3.74. The number of carbonyl (C=O) groups is 1. The second kappa shape index (κ2) is 9.04. The molecule has 0 saturated heterocycles. The zero-order valence-electron chi connectivity index (χ0n) is 15.5. The largest absolute Gasteiger partial charge is 0.481 e. The maximum atomic E-state index is 12.2. The van der Waals surface area contributed by atoms with Gasteiger partial charge >= 0.3 is 0 Å². The van der Waals surface area contributed by atoms with E-state index in [1.165, 1.54) is 19.3 Å². The summed E-state index contributed by atoms with van der Waals surface area (Å²) in [5.74, 6) is 1.05. The first kappa shape index (κ1) is 19.5. The molecule has 6 heteroatoms. The summed E-state index contributed by atoms with van der Waals surface area (Å²) in [6.07, 6.45) is 4.21. The molecule has 3 atom stereocenters. The van der Waals surface area contributed by atoms with Crippen molar-refractivity contribution in [1.29, 1.82) is 0 Å². The summed E-state index contributed by atoms with van der Waals surface area (Å²) in [4.78, 5) is 12.2. The van der Waals surface area contributed by atoms with Crippen molar-refractivity contribution in [3.05, 3.63) is 29.3 Å². The summed E-state index contributed by atoms with van der Waals surface area (Å²) in [7, 11) is 0. The summed E-state index contributed by atoms with van der Waals surface area (Å²) in [6.45, 7) is 7.96. The number of thiocarbonyl (C=S) groups is 1. The molecule has 0 unspecified atom stereocenters. The first-order valence-corrected chi connectivity index (χ1v) is 9.38. The van der Waals surface area contributed by atoms with Crippen LogP contribution in [0.15, 0.2) is 18.2 Å². The summed E-state index contributed by atoms with van der Waals surface area (Å²) in [5.41, 5.74) is 7.58. The van der Waals surface area contributed by atoms with E-state index in [1.54, 1.807) is 6.92 Å². The number of aryl methyl sites for hydroxylation is 1. The van der Waals surface area contributed by atoms with Crippen LogP contribution in [0, 0.1) is 19.8 Å². The molecule has 1 saturated carbocycles. The zero-order chi connectivity index (χ0) is 18.4. The Bertz CT molecular complexity index is 621. The molecule has 0 aromatic heterocycles. The Morgan fingerprint density at radius 1 is 1.24 bits per heavy atom. The van der Waals surface area contributed by atoms with Crippen LogP contribution in [0.2, 0.25) is 0 Å². The van der Waals surface area contributed by atoms with Crippen molar-refractivity contribution in [2.24, 2.45) is 5.92 Å². The molecule has 0 bridgehead atoms. The van der Waals surface area contributed by atoms with E-state index in [2.05, 4.69) is 23.1 Å². The van der Waals surface area contributed by atoms with Crippen molar-refractivity contribution in [3.8, 4) is 5.75 Å². The van der Waals surface area contributed by atoms with Crippen LogP contribution in [0.25, 0.3) is 0 Å². The molecule has 0 heterocycles. The summed E-state index contributed by atoms with van der Waals surface area (Å²) in [6, 6.07) is 6.18. The number of hydrogen-bond donors (Lipinski definition) is 3. The SMILES string of the molecule is Cc1cccc(O[C@H](C)C(=O)NNC(=S)N[C@@H]2CCCC[C@@H]2C)c1C. The molecule has 2 rings (SSSR count). The summed E-state index contributed by atoms with van der Waals surface area (Å²) >= 11 is 5.28. The fourth-order valence-corrected chi connectivity index (χ4v) is 3.25. The monoisotopic (exact) mass is 363 g/mol. The quantitative estimate of drug-likeness (QED) is 0.567. The van der Waals surface area contributed by atoms with Crippen molar-refractivity contribution in [2.75, 3.05) is 0 Å². The average Bonchev–Trinajstić information content (AvgIpc) is 2.58. The van der Waals surface area contributed by atoms with Gasteiger partial charge in [0.25, 0.3) is 5.91 Å². The normalized spacial score (nSPS) is 21.1. The minimum atomic E-state index is -0.621. The van der Waals surface area contributed by atoms with Crippen molar-refractivity contribution in [2.45, 2.75) is 65.5 Å². The Kier molecular flexibility index (Phi) is 7.05. The van der Waals surface area contributed by atoms with Gasteiger partial charge in [0, 0.05) is 6.04 Å². The lowest BCUT2D eigenvalue weighted by Gasteiger charge is -2.30. The minimum Gasteiger partial charge on any atom is -0.481 e. The highest BCUT2D eigenvalue weighted by Gasteiger charge is 2.22. The second-order valence-corrected chi connectivity index (χ2v) is 7.32. The average molecular weight is 364 g/mol. The van der Waals surface area contributed by atoms with Crippen LogP contribution in [0.3, 0.4) is 0 Å². The molecule has 1 aromatic rings. The highest BCUT2D eigenvalue weighted by atomic mass is 32.1. The van der Waals surface area contributed by atoms with Crippen LogP contribution >= 0.6 is 12.2 Å². The molecule has 1 aliphatic carbocycles. The predicted molar refractivity (Wildman–Crippen MR) is 104 cm³/mol. The lowest BCUT2D eigenvalue weighted by atomic mass is 9.86. The van der Waals surface area contributed by atoms with Gasteiger partial charge in [0.15, 0.2) is 11.2 Å². The van der Waals surface area contributed by atoms with Crippen molar-refractivity contribution in [1.82, 2.24) is 16.2 Å². The smallest absolute Gasteiger partial charge is 0.279 e. The number of benzene rings is 1. The number of rotatable bonds is 4. The van der Waals surface area contributed by atoms with Crippen LogP contribution in [0.5, 0.6) is 5.75 Å². The van der Waals surface area contributed by atoms with E-state index in [1.807, 2.05) is 32.0 Å². The van der Waals surface area contributed by atoms with E-state index in [0.29, 0.717) is 17.1 Å². The molecule has 138 valence electrons. The van der Waals surface area contributed by atoms with E-state index in [0.717, 1.165) is 23.3 Å². The van der Waals surface area contributed by atoms with Gasteiger partial charge in [0.1, 0.15) is 5.75 Å². The van der Waals surface area contributed by atoms with Crippen LogP contribution in [0.1, 0.15) is 50.7 Å². The zero-order valence-corrected chi connectivity index (χ0v) is 16.3. The Hall–Kier alpha value is -1.82. The van der Waals surface area contributed by atoms with E-state index in [-0.39, 0.29) is 5.91 Å². The van der Waals surface area contributed by atoms with Crippen LogP contribution in [0.4, 0.5) is 0 Å². The Morgan fingerprint density at radius 2 is 1.96 bits per heavy atom. The molecule has 0 radical (unpaired) electrons. The number of hydrazine groups is 1. The minimum absolute atomic E-state index is 0.262. The molecular weight excluding hydrogens is 334 g/mol. The Balaban J connectivity index is 1.78. The molecule has 3 N–H and O–H groups in total. The molecule has 0 spiro atoms. The van der Waals surface area contributed by atoms with Gasteiger partial charge < -0.3 is 10.1 Å². The molecule has 1 aromatic carbocycles. The van der Waals surface area contributed by atoms with Gasteiger partial charge in [0.2, 0.25) is 0 Å². The third kappa shape index (κ3) is 5.59. The highest BCUT2D eigenvalue weighted by molar-refractivity contribution is 7.80. The van der Waals surface area contributed by atoms with Crippen molar-refractivity contribution >= 4 is 23.2 Å². The van der Waals surface area contributed by atoms with Crippen molar-refractivity contribution in [3.63, 3.8) is 0 Å². The van der Waals surface area contributed by atoms with Crippen LogP contribution < -0.4 is 20.9 Å². The fraction of sp³-hybridized carbons (Fsp3) is 0.579. The van der Waals surface area contributed by atoms with Gasteiger partial charge in [-0.3, -0.25) is 15.6 Å². The summed E-state index contributed by atoms with van der Waals surface area (Å²) < 4.78 is 5.77. The maximum absolute atomic E-state index is 12.2. The van der Waals surface area contributed by atoms with Gasteiger partial charge in [-0.05, 0) is 68.9 Å². The topological polar surface area (TPSA) is 62.4 Å². The van der Waals surface area contributed by atoms with E-state index >= 15 is 0 Å². The fourth-order valence-electron chi connectivity index (χ4n) is 3.05. The Labute approximate surface area is 155 Å². The third-order valence-corrected chi connectivity index (χ3v) is 5.18. The molecule has 1 fully saturated rings. The molecular formula is C19H29N3O2S. The number of nitrogens with one attached hydrogen (secondary N) is 3. The van der Waals surface area contributed by atoms with Gasteiger partial charge in [-0.25, -0.2) is 0 Å². The van der Waals surface area contributed by atoms with Crippen LogP contribution in [-0.2, 0) is 4.79 Å². The van der Waals surface area contributed by atoms with E-state index in [9.17, 15) is 4.79 Å². The number of hydrogen-bond acceptors (Lipinski definition) is 3. The number of ether oxygens (including phenoxy) is 1. The lowest BCUT2D eigenvalue weighted by Crippen LogP contribution is -2.53. The first-order valence-electron chi connectivity index (χ1n) is 8.97. The van der Waals surface area contributed by atoms with E-state index in [4.69, 9.17) is 17.0 Å². The highest BCUT2D eigenvalue weighted by Crippen LogP contribution is 2.23. The number of carbonyl (C=O) groups excluding carboxylic acids is 1. The maximum Gasteiger partial charge on any atom is 0.279 e. The predicted octanol–water partition coefficient (Wildman–Crippen LogP) is 3.14. The molecule has 1 aliphatic rings. The third-order valence-electron chi connectivity index (χ3n) is 4.96. The van der Waals surface area contributed by atoms with Gasteiger partial charge in [-0.1, -0.05) is 31.9 Å². The number of amides is 1. The van der Waals surface area contributed by atoms with E-state index < -0.39 is 6.10 Å². The van der Waals surface area contributed by atoms with Crippen molar-refractivity contribution < 1.29 is 9.53 Å². The standard InChI is InChI=1S/C19H29N3O2S/c1-12-9-7-11-17(14(12)3)24-15(4)18(23)21-22-19(25)20-16-10-6-5-8-13(16)2/h7,9,11,13,15-16H,5-6,8,10H2,1-4H3,(H,21,23)(H2,20,22,25)/t13-,15+,16+/m0/s1. The van der Waals surface area contributed by atoms with Gasteiger partial charge in [0.05, 0.1) is 0 Å². The van der Waals surface area contributed by atoms with Gasteiger partial charge in [-0.2, -0.15) is 0 Å². The lowest BCUT2D eigenvalue weighted by molar-refractivity contribution is -0.127.